The average Bonchev–Trinajstić information content (AvgIpc) is 2.71. The monoisotopic (exact) mass is 382 g/mol. The lowest BCUT2D eigenvalue weighted by atomic mass is 9.88. The van der Waals surface area contributed by atoms with E-state index in [1.807, 2.05) is 24.3 Å². The molecule has 0 aromatic heterocycles. The SMILES string of the molecule is O=C(Nc1ccc(F)cc1)N1CCc2ccccc2C1c1ccc(F)c(F)c1. The number of amides is 2. The van der Waals surface area contributed by atoms with Gasteiger partial charge in [-0.1, -0.05) is 30.3 Å². The van der Waals surface area contributed by atoms with Crippen LogP contribution >= 0.6 is 0 Å². The van der Waals surface area contributed by atoms with Crippen LogP contribution in [0.2, 0.25) is 0 Å². The molecule has 0 aliphatic carbocycles. The van der Waals surface area contributed by atoms with Crippen molar-refractivity contribution in [3.63, 3.8) is 0 Å². The number of fused-ring (bicyclic) bond motifs is 1. The zero-order valence-corrected chi connectivity index (χ0v) is 14.8. The lowest BCUT2D eigenvalue weighted by molar-refractivity contribution is 0.194. The number of rotatable bonds is 2. The van der Waals surface area contributed by atoms with E-state index in [1.165, 1.54) is 30.3 Å². The lowest BCUT2D eigenvalue weighted by Gasteiger charge is -2.37. The minimum Gasteiger partial charge on any atom is -0.313 e. The fraction of sp³-hybridized carbons (Fsp3) is 0.136. The van der Waals surface area contributed by atoms with Crippen LogP contribution in [0, 0.1) is 17.5 Å². The van der Waals surface area contributed by atoms with Crippen molar-refractivity contribution in [1.29, 1.82) is 0 Å². The fourth-order valence-electron chi connectivity index (χ4n) is 3.56. The van der Waals surface area contributed by atoms with Crippen molar-refractivity contribution in [2.75, 3.05) is 11.9 Å². The molecule has 1 unspecified atom stereocenters. The zero-order valence-electron chi connectivity index (χ0n) is 14.8. The highest BCUT2D eigenvalue weighted by atomic mass is 19.2. The van der Waals surface area contributed by atoms with E-state index in [1.54, 1.807) is 4.90 Å². The largest absolute Gasteiger partial charge is 0.322 e. The molecule has 0 fully saturated rings. The highest BCUT2D eigenvalue weighted by molar-refractivity contribution is 5.90. The summed E-state index contributed by atoms with van der Waals surface area (Å²) >= 11 is 0. The van der Waals surface area contributed by atoms with E-state index >= 15 is 0 Å². The van der Waals surface area contributed by atoms with Crippen LogP contribution in [0.15, 0.2) is 66.7 Å². The maximum absolute atomic E-state index is 13.9. The highest BCUT2D eigenvalue weighted by Gasteiger charge is 2.32. The molecule has 0 saturated carbocycles. The summed E-state index contributed by atoms with van der Waals surface area (Å²) in [7, 11) is 0. The molecule has 0 bridgehead atoms. The molecule has 0 saturated heterocycles. The van der Waals surface area contributed by atoms with Crippen molar-refractivity contribution >= 4 is 11.7 Å². The van der Waals surface area contributed by atoms with Gasteiger partial charge in [0.05, 0.1) is 6.04 Å². The summed E-state index contributed by atoms with van der Waals surface area (Å²) < 4.78 is 40.4. The fourth-order valence-corrected chi connectivity index (χ4v) is 3.56. The van der Waals surface area contributed by atoms with Crippen molar-refractivity contribution < 1.29 is 18.0 Å². The number of anilines is 1. The van der Waals surface area contributed by atoms with E-state index < -0.39 is 29.5 Å². The summed E-state index contributed by atoms with van der Waals surface area (Å²) in [5.74, 6) is -2.29. The van der Waals surface area contributed by atoms with Gasteiger partial charge in [-0.05, 0) is 59.5 Å². The average molecular weight is 382 g/mol. The molecule has 142 valence electrons. The smallest absolute Gasteiger partial charge is 0.313 e. The molecule has 0 radical (unpaired) electrons. The van der Waals surface area contributed by atoms with Gasteiger partial charge >= 0.3 is 6.03 Å². The molecule has 3 aromatic carbocycles. The van der Waals surface area contributed by atoms with Gasteiger partial charge in [-0.25, -0.2) is 18.0 Å². The summed E-state index contributed by atoms with van der Waals surface area (Å²) in [5, 5.41) is 2.75. The molecular weight excluding hydrogens is 365 g/mol. The minimum absolute atomic E-state index is 0.393. The third kappa shape index (κ3) is 3.45. The Kier molecular flexibility index (Phi) is 4.77. The number of benzene rings is 3. The minimum atomic E-state index is -0.959. The molecule has 3 nitrogen and oxygen atoms in total. The molecule has 1 atom stereocenters. The number of nitrogens with one attached hydrogen (secondary N) is 1. The Morgan fingerprint density at radius 3 is 2.43 bits per heavy atom. The van der Waals surface area contributed by atoms with Crippen LogP contribution in [0.3, 0.4) is 0 Å². The predicted octanol–water partition coefficient (Wildman–Crippen LogP) is 5.28. The first kappa shape index (κ1) is 18.1. The quantitative estimate of drug-likeness (QED) is 0.642. The van der Waals surface area contributed by atoms with Gasteiger partial charge < -0.3 is 10.2 Å². The number of nitrogens with zero attached hydrogens (tertiary/aromatic N) is 1. The molecule has 1 aliphatic rings. The molecular formula is C22H17F3N2O. The first-order chi connectivity index (χ1) is 13.5. The van der Waals surface area contributed by atoms with Gasteiger partial charge in [0, 0.05) is 12.2 Å². The summed E-state index contributed by atoms with van der Waals surface area (Å²) in [6, 6.07) is 15.8. The second-order valence-electron chi connectivity index (χ2n) is 6.66. The van der Waals surface area contributed by atoms with Crippen LogP contribution in [0.25, 0.3) is 0 Å². The first-order valence-electron chi connectivity index (χ1n) is 8.89. The Morgan fingerprint density at radius 1 is 0.929 bits per heavy atom. The Balaban J connectivity index is 1.71. The molecule has 6 heteroatoms. The Hall–Kier alpha value is -3.28. The van der Waals surface area contributed by atoms with Crippen LogP contribution in [0.5, 0.6) is 0 Å². The van der Waals surface area contributed by atoms with Gasteiger partial charge in [0.1, 0.15) is 5.82 Å². The van der Waals surface area contributed by atoms with Crippen LogP contribution in [-0.4, -0.2) is 17.5 Å². The molecule has 1 heterocycles. The van der Waals surface area contributed by atoms with Crippen molar-refractivity contribution in [3.05, 3.63) is 101 Å². The molecule has 1 N–H and O–H groups in total. The Morgan fingerprint density at radius 2 is 1.68 bits per heavy atom. The zero-order chi connectivity index (χ0) is 19.7. The third-order valence-electron chi connectivity index (χ3n) is 4.90. The number of hydrogen-bond acceptors (Lipinski definition) is 1. The van der Waals surface area contributed by atoms with E-state index in [4.69, 9.17) is 0 Å². The van der Waals surface area contributed by atoms with Crippen LogP contribution in [0.1, 0.15) is 22.7 Å². The second-order valence-corrected chi connectivity index (χ2v) is 6.66. The van der Waals surface area contributed by atoms with Gasteiger partial charge in [0.25, 0.3) is 0 Å². The molecule has 2 amide bonds. The van der Waals surface area contributed by atoms with Gasteiger partial charge in [0.2, 0.25) is 0 Å². The Bertz CT molecular complexity index is 1020. The predicted molar refractivity (Wildman–Crippen MR) is 100 cm³/mol. The lowest BCUT2D eigenvalue weighted by Crippen LogP contribution is -2.43. The van der Waals surface area contributed by atoms with Crippen LogP contribution in [-0.2, 0) is 6.42 Å². The van der Waals surface area contributed by atoms with Crippen molar-refractivity contribution in [1.82, 2.24) is 4.90 Å². The van der Waals surface area contributed by atoms with E-state index in [-0.39, 0.29) is 0 Å². The van der Waals surface area contributed by atoms with E-state index in [9.17, 15) is 18.0 Å². The van der Waals surface area contributed by atoms with E-state index in [0.717, 1.165) is 23.3 Å². The number of carbonyl (C=O) groups is 1. The van der Waals surface area contributed by atoms with Gasteiger partial charge in [-0.2, -0.15) is 0 Å². The first-order valence-corrected chi connectivity index (χ1v) is 8.89. The van der Waals surface area contributed by atoms with Gasteiger partial charge in [-0.15, -0.1) is 0 Å². The maximum atomic E-state index is 13.9. The summed E-state index contributed by atoms with van der Waals surface area (Å²) in [6.07, 6.45) is 0.646. The topological polar surface area (TPSA) is 32.3 Å². The summed E-state index contributed by atoms with van der Waals surface area (Å²) in [4.78, 5) is 14.5. The third-order valence-corrected chi connectivity index (χ3v) is 4.90. The highest BCUT2D eigenvalue weighted by Crippen LogP contribution is 2.36. The molecule has 0 spiro atoms. The van der Waals surface area contributed by atoms with Crippen molar-refractivity contribution in [2.45, 2.75) is 12.5 Å². The van der Waals surface area contributed by atoms with Gasteiger partial charge in [0.15, 0.2) is 11.6 Å². The van der Waals surface area contributed by atoms with Crippen molar-refractivity contribution in [3.8, 4) is 0 Å². The summed E-state index contributed by atoms with van der Waals surface area (Å²) in [5.41, 5.74) is 2.87. The van der Waals surface area contributed by atoms with Crippen LogP contribution in [0.4, 0.5) is 23.7 Å². The van der Waals surface area contributed by atoms with Gasteiger partial charge in [-0.3, -0.25) is 0 Å². The molecule has 28 heavy (non-hydrogen) atoms. The number of halogens is 3. The molecule has 3 aromatic rings. The number of carbonyl (C=O) groups excluding carboxylic acids is 1. The van der Waals surface area contributed by atoms with Crippen LogP contribution < -0.4 is 5.32 Å². The molecule has 4 rings (SSSR count). The summed E-state index contributed by atoms with van der Waals surface area (Å²) in [6.45, 7) is 0.410. The number of hydrogen-bond donors (Lipinski definition) is 1. The maximum Gasteiger partial charge on any atom is 0.322 e. The normalized spacial score (nSPS) is 15.8. The Labute approximate surface area is 160 Å². The van der Waals surface area contributed by atoms with E-state index in [0.29, 0.717) is 24.2 Å². The molecule has 1 aliphatic heterocycles. The van der Waals surface area contributed by atoms with Crippen molar-refractivity contribution in [2.24, 2.45) is 0 Å². The second kappa shape index (κ2) is 7.38. The van der Waals surface area contributed by atoms with E-state index in [2.05, 4.69) is 5.32 Å². The number of urea groups is 1. The standard InChI is InChI=1S/C22H17F3N2O/c23-16-6-8-17(9-7-16)26-22(28)27-12-11-14-3-1-2-4-18(14)21(27)15-5-10-19(24)20(25)13-15/h1-10,13,21H,11-12H2,(H,26,28).